The van der Waals surface area contributed by atoms with Gasteiger partial charge in [-0.3, -0.25) is 9.59 Å². The van der Waals surface area contributed by atoms with Crippen molar-refractivity contribution in [2.75, 3.05) is 32.1 Å². The van der Waals surface area contributed by atoms with Crippen LogP contribution in [-0.2, 0) is 4.79 Å². The molecule has 0 bridgehead atoms. The van der Waals surface area contributed by atoms with Crippen LogP contribution < -0.4 is 15.5 Å². The Labute approximate surface area is 141 Å². The van der Waals surface area contributed by atoms with Crippen molar-refractivity contribution in [3.05, 3.63) is 42.2 Å². The number of anilines is 1. The van der Waals surface area contributed by atoms with Crippen molar-refractivity contribution in [1.82, 2.24) is 20.6 Å². The Balaban J connectivity index is 2.01. The highest BCUT2D eigenvalue weighted by atomic mass is 16.2. The predicted octanol–water partition coefficient (Wildman–Crippen LogP) is 1.08. The highest BCUT2D eigenvalue weighted by Crippen LogP contribution is 2.20. The molecule has 0 spiro atoms. The highest BCUT2D eigenvalue weighted by Gasteiger charge is 2.07. The average molecular weight is 327 g/mol. The van der Waals surface area contributed by atoms with Crippen LogP contribution in [0, 0.1) is 0 Å². The van der Waals surface area contributed by atoms with Crippen LogP contribution in [0.4, 0.5) is 5.82 Å². The van der Waals surface area contributed by atoms with Gasteiger partial charge in [-0.1, -0.05) is 12.1 Å². The molecule has 126 valence electrons. The lowest BCUT2D eigenvalue weighted by Gasteiger charge is -2.11. The van der Waals surface area contributed by atoms with E-state index in [0.717, 1.165) is 17.1 Å². The number of carbonyl (C=O) groups excluding carboxylic acids is 2. The number of benzene rings is 1. The van der Waals surface area contributed by atoms with Gasteiger partial charge in [0.25, 0.3) is 5.91 Å². The van der Waals surface area contributed by atoms with Crippen molar-refractivity contribution in [2.24, 2.45) is 0 Å². The molecular formula is C17H21N5O2. The first-order valence-electron chi connectivity index (χ1n) is 7.60. The Morgan fingerprint density at radius 3 is 2.33 bits per heavy atom. The van der Waals surface area contributed by atoms with Crippen LogP contribution >= 0.6 is 0 Å². The minimum Gasteiger partial charge on any atom is -0.363 e. The smallest absolute Gasteiger partial charge is 0.251 e. The molecule has 2 aromatic rings. The summed E-state index contributed by atoms with van der Waals surface area (Å²) in [5, 5.41) is 5.38. The normalized spacial score (nSPS) is 10.1. The molecule has 0 aliphatic carbocycles. The third-order valence-corrected chi connectivity index (χ3v) is 3.34. The van der Waals surface area contributed by atoms with E-state index in [1.165, 1.54) is 13.3 Å². The number of hydrogen-bond donors (Lipinski definition) is 2. The molecule has 2 rings (SSSR count). The molecule has 0 fully saturated rings. The first-order chi connectivity index (χ1) is 11.5. The zero-order valence-corrected chi connectivity index (χ0v) is 14.0. The van der Waals surface area contributed by atoms with Crippen molar-refractivity contribution in [2.45, 2.75) is 6.92 Å². The summed E-state index contributed by atoms with van der Waals surface area (Å²) in [7, 11) is 3.83. The lowest BCUT2D eigenvalue weighted by Crippen LogP contribution is -2.33. The standard InChI is InChI=1S/C17H21N5O2/c1-12(23)18-8-9-19-17(24)14-6-4-13(5-7-14)15-10-16(22(2)3)21-11-20-15/h4-7,10-11H,8-9H2,1-3H3,(H,18,23)(H,19,24). The second kappa shape index (κ2) is 8.05. The van der Waals surface area contributed by atoms with Crippen molar-refractivity contribution in [1.29, 1.82) is 0 Å². The van der Waals surface area contributed by atoms with Gasteiger partial charge in [0.15, 0.2) is 0 Å². The van der Waals surface area contributed by atoms with Gasteiger partial charge in [-0.25, -0.2) is 9.97 Å². The number of aromatic nitrogens is 2. The maximum Gasteiger partial charge on any atom is 0.251 e. The first kappa shape index (κ1) is 17.4. The quantitative estimate of drug-likeness (QED) is 0.775. The third-order valence-electron chi connectivity index (χ3n) is 3.34. The molecule has 0 aliphatic rings. The lowest BCUT2D eigenvalue weighted by atomic mass is 10.1. The Morgan fingerprint density at radius 2 is 1.71 bits per heavy atom. The van der Waals surface area contributed by atoms with Crippen LogP contribution in [0.1, 0.15) is 17.3 Å². The van der Waals surface area contributed by atoms with Gasteiger partial charge in [0.05, 0.1) is 5.69 Å². The van der Waals surface area contributed by atoms with Crippen molar-refractivity contribution >= 4 is 17.6 Å². The van der Waals surface area contributed by atoms with E-state index in [0.29, 0.717) is 18.7 Å². The van der Waals surface area contributed by atoms with E-state index in [4.69, 9.17) is 0 Å². The fourth-order valence-electron chi connectivity index (χ4n) is 2.06. The highest BCUT2D eigenvalue weighted by molar-refractivity contribution is 5.94. The number of nitrogens with one attached hydrogen (secondary N) is 2. The van der Waals surface area contributed by atoms with E-state index in [2.05, 4.69) is 20.6 Å². The van der Waals surface area contributed by atoms with Crippen molar-refractivity contribution in [3.63, 3.8) is 0 Å². The number of amides is 2. The number of carbonyl (C=O) groups is 2. The Morgan fingerprint density at radius 1 is 1.04 bits per heavy atom. The largest absolute Gasteiger partial charge is 0.363 e. The molecule has 1 heterocycles. The summed E-state index contributed by atoms with van der Waals surface area (Å²) < 4.78 is 0. The Kier molecular flexibility index (Phi) is 5.83. The minimum atomic E-state index is -0.177. The molecule has 7 heteroatoms. The van der Waals surface area contributed by atoms with E-state index in [9.17, 15) is 9.59 Å². The fourth-order valence-corrected chi connectivity index (χ4v) is 2.06. The predicted molar refractivity (Wildman–Crippen MR) is 92.8 cm³/mol. The summed E-state index contributed by atoms with van der Waals surface area (Å²) >= 11 is 0. The molecule has 0 atom stereocenters. The molecule has 0 saturated carbocycles. The molecule has 0 saturated heterocycles. The van der Waals surface area contributed by atoms with Gasteiger partial charge >= 0.3 is 0 Å². The third kappa shape index (κ3) is 4.77. The first-order valence-corrected chi connectivity index (χ1v) is 7.60. The Hall–Kier alpha value is -2.96. The van der Waals surface area contributed by atoms with E-state index >= 15 is 0 Å². The number of rotatable bonds is 6. The van der Waals surface area contributed by atoms with E-state index in [1.807, 2.05) is 37.2 Å². The number of nitrogens with zero attached hydrogens (tertiary/aromatic N) is 3. The lowest BCUT2D eigenvalue weighted by molar-refractivity contribution is -0.118. The summed E-state index contributed by atoms with van der Waals surface area (Å²) in [6.07, 6.45) is 1.52. The molecule has 0 unspecified atom stereocenters. The van der Waals surface area contributed by atoms with Gasteiger partial charge in [0.2, 0.25) is 5.91 Å². The van der Waals surface area contributed by atoms with Gasteiger partial charge < -0.3 is 15.5 Å². The van der Waals surface area contributed by atoms with Gasteiger partial charge in [-0.2, -0.15) is 0 Å². The molecule has 0 aliphatic heterocycles. The fraction of sp³-hybridized carbons (Fsp3) is 0.294. The van der Waals surface area contributed by atoms with Crippen LogP contribution in [0.2, 0.25) is 0 Å². The maximum absolute atomic E-state index is 12.0. The van der Waals surface area contributed by atoms with Gasteiger partial charge in [-0.15, -0.1) is 0 Å². The average Bonchev–Trinajstić information content (AvgIpc) is 2.58. The van der Waals surface area contributed by atoms with Gasteiger partial charge in [0, 0.05) is 51.3 Å². The summed E-state index contributed by atoms with van der Waals surface area (Å²) in [6.45, 7) is 2.24. The second-order valence-electron chi connectivity index (χ2n) is 5.47. The van der Waals surface area contributed by atoms with Crippen LogP contribution in [0.5, 0.6) is 0 Å². The van der Waals surface area contributed by atoms with Crippen molar-refractivity contribution in [3.8, 4) is 11.3 Å². The van der Waals surface area contributed by atoms with E-state index in [-0.39, 0.29) is 11.8 Å². The summed E-state index contributed by atoms with van der Waals surface area (Å²) in [5.41, 5.74) is 2.27. The van der Waals surface area contributed by atoms with Crippen LogP contribution in [-0.4, -0.2) is 49.0 Å². The van der Waals surface area contributed by atoms with Crippen LogP contribution in [0.25, 0.3) is 11.3 Å². The molecule has 1 aromatic carbocycles. The molecule has 2 amide bonds. The molecule has 1 aromatic heterocycles. The van der Waals surface area contributed by atoms with Gasteiger partial charge in [-0.05, 0) is 12.1 Å². The molecule has 0 radical (unpaired) electrons. The summed E-state index contributed by atoms with van der Waals surface area (Å²) in [6, 6.07) is 9.10. The summed E-state index contributed by atoms with van der Waals surface area (Å²) in [4.78, 5) is 33.1. The zero-order chi connectivity index (χ0) is 17.5. The van der Waals surface area contributed by atoms with E-state index in [1.54, 1.807) is 12.1 Å². The zero-order valence-electron chi connectivity index (χ0n) is 14.0. The molecule has 7 nitrogen and oxygen atoms in total. The van der Waals surface area contributed by atoms with Crippen LogP contribution in [0.15, 0.2) is 36.7 Å². The summed E-state index contributed by atoms with van der Waals surface area (Å²) in [5.74, 6) is 0.527. The molecular weight excluding hydrogens is 306 g/mol. The molecule has 2 N–H and O–H groups in total. The monoisotopic (exact) mass is 327 g/mol. The van der Waals surface area contributed by atoms with E-state index < -0.39 is 0 Å². The van der Waals surface area contributed by atoms with Crippen molar-refractivity contribution < 1.29 is 9.59 Å². The SMILES string of the molecule is CC(=O)NCCNC(=O)c1ccc(-c2cc(N(C)C)ncn2)cc1. The number of hydrogen-bond acceptors (Lipinski definition) is 5. The topological polar surface area (TPSA) is 87.2 Å². The Bertz CT molecular complexity index is 713. The maximum atomic E-state index is 12.0. The second-order valence-corrected chi connectivity index (χ2v) is 5.47. The van der Waals surface area contributed by atoms with Gasteiger partial charge in [0.1, 0.15) is 12.1 Å². The van der Waals surface area contributed by atoms with Crippen LogP contribution in [0.3, 0.4) is 0 Å². The minimum absolute atomic E-state index is 0.115. The molecule has 24 heavy (non-hydrogen) atoms.